The molecule has 1 aliphatic heterocycles. The van der Waals surface area contributed by atoms with Crippen molar-refractivity contribution in [2.75, 3.05) is 18.0 Å². The van der Waals surface area contributed by atoms with Gasteiger partial charge in [-0.15, -0.1) is 0 Å². The molecule has 3 nitrogen and oxygen atoms in total. The Hall–Kier alpha value is -1.19. The first-order chi connectivity index (χ1) is 7.75. The topological polar surface area (TPSA) is 42.4 Å². The average Bonchev–Trinajstić information content (AvgIpc) is 2.87. The largest absolute Gasteiger partial charge is 0.463 e. The molecule has 16 heavy (non-hydrogen) atoms. The highest BCUT2D eigenvalue weighted by molar-refractivity contribution is 6.35. The van der Waals surface area contributed by atoms with Crippen LogP contribution in [0.15, 0.2) is 28.9 Å². The monoisotopic (exact) mass is 236 g/mol. The van der Waals surface area contributed by atoms with E-state index in [9.17, 15) is 0 Å². The molecule has 1 atom stereocenters. The standard InChI is InChI=1S/C12H13ClN2O/c13-10-1-2-11(9-4-6-16-12(9)10)15-5-3-8(14)7-15/h1-2,4,6,8H,3,5,7,14H2. The van der Waals surface area contributed by atoms with Gasteiger partial charge in [-0.25, -0.2) is 0 Å². The minimum absolute atomic E-state index is 0.276. The lowest BCUT2D eigenvalue weighted by atomic mass is 10.2. The average molecular weight is 237 g/mol. The molecular weight excluding hydrogens is 224 g/mol. The Kier molecular flexibility index (Phi) is 2.30. The molecule has 2 heterocycles. The van der Waals surface area contributed by atoms with Crippen LogP contribution >= 0.6 is 11.6 Å². The van der Waals surface area contributed by atoms with E-state index in [1.165, 1.54) is 5.69 Å². The second kappa shape index (κ2) is 3.68. The van der Waals surface area contributed by atoms with Crippen molar-refractivity contribution in [1.82, 2.24) is 0 Å². The van der Waals surface area contributed by atoms with Crippen molar-refractivity contribution < 1.29 is 4.42 Å². The van der Waals surface area contributed by atoms with E-state index in [0.717, 1.165) is 30.5 Å². The number of rotatable bonds is 1. The molecule has 0 aliphatic carbocycles. The van der Waals surface area contributed by atoms with E-state index in [4.69, 9.17) is 21.8 Å². The molecule has 0 radical (unpaired) electrons. The van der Waals surface area contributed by atoms with Gasteiger partial charge in [-0.05, 0) is 24.6 Å². The quantitative estimate of drug-likeness (QED) is 0.828. The zero-order valence-corrected chi connectivity index (χ0v) is 9.57. The number of hydrogen-bond donors (Lipinski definition) is 1. The first-order valence-corrected chi connectivity index (χ1v) is 5.80. The highest BCUT2D eigenvalue weighted by Gasteiger charge is 2.21. The van der Waals surface area contributed by atoms with Crippen LogP contribution in [0, 0.1) is 0 Å². The predicted molar refractivity (Wildman–Crippen MR) is 66.0 cm³/mol. The van der Waals surface area contributed by atoms with E-state index in [1.54, 1.807) is 6.26 Å². The SMILES string of the molecule is NC1CCN(c2ccc(Cl)c3occc23)C1. The fraction of sp³-hybridized carbons (Fsp3) is 0.333. The molecule has 2 N–H and O–H groups in total. The molecule has 84 valence electrons. The number of benzene rings is 1. The fourth-order valence-electron chi connectivity index (χ4n) is 2.30. The molecule has 0 saturated carbocycles. The van der Waals surface area contributed by atoms with Crippen LogP contribution in [0.25, 0.3) is 11.0 Å². The summed E-state index contributed by atoms with van der Waals surface area (Å²) in [5.74, 6) is 0. The summed E-state index contributed by atoms with van der Waals surface area (Å²) in [5.41, 5.74) is 7.85. The zero-order chi connectivity index (χ0) is 11.1. The van der Waals surface area contributed by atoms with Crippen LogP contribution in [-0.4, -0.2) is 19.1 Å². The lowest BCUT2D eigenvalue weighted by Gasteiger charge is -2.19. The van der Waals surface area contributed by atoms with Gasteiger partial charge in [0.15, 0.2) is 5.58 Å². The van der Waals surface area contributed by atoms with Gasteiger partial charge in [-0.1, -0.05) is 11.6 Å². The molecule has 1 aromatic heterocycles. The van der Waals surface area contributed by atoms with Crippen molar-refractivity contribution in [2.45, 2.75) is 12.5 Å². The third kappa shape index (κ3) is 1.47. The van der Waals surface area contributed by atoms with E-state index in [1.807, 2.05) is 18.2 Å². The summed E-state index contributed by atoms with van der Waals surface area (Å²) in [6.45, 7) is 1.91. The molecule has 0 amide bonds. The Morgan fingerprint density at radius 2 is 2.25 bits per heavy atom. The molecule has 4 heteroatoms. The Morgan fingerprint density at radius 3 is 3.00 bits per heavy atom. The summed E-state index contributed by atoms with van der Waals surface area (Å²) in [4.78, 5) is 2.29. The molecule has 1 aliphatic rings. The number of hydrogen-bond acceptors (Lipinski definition) is 3. The normalized spacial score (nSPS) is 20.9. The summed E-state index contributed by atoms with van der Waals surface area (Å²) < 4.78 is 5.39. The maximum absolute atomic E-state index is 6.07. The zero-order valence-electron chi connectivity index (χ0n) is 8.82. The molecule has 1 unspecified atom stereocenters. The van der Waals surface area contributed by atoms with Gasteiger partial charge in [0, 0.05) is 30.2 Å². The summed E-state index contributed by atoms with van der Waals surface area (Å²) in [6.07, 6.45) is 2.72. The van der Waals surface area contributed by atoms with Gasteiger partial charge in [0.05, 0.1) is 11.3 Å². The van der Waals surface area contributed by atoms with Crippen molar-refractivity contribution in [3.8, 4) is 0 Å². The number of furan rings is 1. The third-order valence-electron chi connectivity index (χ3n) is 3.11. The maximum atomic E-state index is 6.07. The van der Waals surface area contributed by atoms with E-state index in [2.05, 4.69) is 4.90 Å². The van der Waals surface area contributed by atoms with E-state index >= 15 is 0 Å². The van der Waals surface area contributed by atoms with Crippen LogP contribution in [0.3, 0.4) is 0 Å². The van der Waals surface area contributed by atoms with Crippen LogP contribution in [0.4, 0.5) is 5.69 Å². The van der Waals surface area contributed by atoms with Crippen LogP contribution < -0.4 is 10.6 Å². The molecule has 1 saturated heterocycles. The molecule has 3 rings (SSSR count). The lowest BCUT2D eigenvalue weighted by molar-refractivity contribution is 0.616. The first-order valence-electron chi connectivity index (χ1n) is 5.42. The van der Waals surface area contributed by atoms with E-state index in [0.29, 0.717) is 5.02 Å². The third-order valence-corrected chi connectivity index (χ3v) is 3.41. The fourth-order valence-corrected chi connectivity index (χ4v) is 2.50. The number of nitrogens with two attached hydrogens (primary N) is 1. The van der Waals surface area contributed by atoms with Crippen LogP contribution in [-0.2, 0) is 0 Å². The molecule has 0 spiro atoms. The van der Waals surface area contributed by atoms with Gasteiger partial charge in [0.2, 0.25) is 0 Å². The van der Waals surface area contributed by atoms with Crippen LogP contribution in [0.1, 0.15) is 6.42 Å². The van der Waals surface area contributed by atoms with Crippen molar-refractivity contribution in [3.63, 3.8) is 0 Å². The van der Waals surface area contributed by atoms with Crippen molar-refractivity contribution in [2.24, 2.45) is 5.73 Å². The Labute approximate surface area is 98.8 Å². The minimum Gasteiger partial charge on any atom is -0.463 e. The van der Waals surface area contributed by atoms with Gasteiger partial charge < -0.3 is 15.1 Å². The highest BCUT2D eigenvalue weighted by atomic mass is 35.5. The van der Waals surface area contributed by atoms with Gasteiger partial charge >= 0.3 is 0 Å². The molecular formula is C12H13ClN2O. The molecule has 1 aromatic carbocycles. The first kappa shape index (κ1) is 10.00. The molecule has 0 bridgehead atoms. The predicted octanol–water partition coefficient (Wildman–Crippen LogP) is 2.62. The van der Waals surface area contributed by atoms with E-state index in [-0.39, 0.29) is 6.04 Å². The second-order valence-electron chi connectivity index (χ2n) is 4.22. The Morgan fingerprint density at radius 1 is 1.38 bits per heavy atom. The summed E-state index contributed by atoms with van der Waals surface area (Å²) >= 11 is 6.07. The highest BCUT2D eigenvalue weighted by Crippen LogP contribution is 2.34. The Balaban J connectivity index is 2.10. The number of nitrogens with zero attached hydrogens (tertiary/aromatic N) is 1. The minimum atomic E-state index is 0.276. The second-order valence-corrected chi connectivity index (χ2v) is 4.63. The van der Waals surface area contributed by atoms with E-state index < -0.39 is 0 Å². The maximum Gasteiger partial charge on any atom is 0.154 e. The summed E-state index contributed by atoms with van der Waals surface area (Å²) in [5, 5.41) is 1.73. The van der Waals surface area contributed by atoms with Crippen molar-refractivity contribution in [1.29, 1.82) is 0 Å². The summed E-state index contributed by atoms with van der Waals surface area (Å²) in [6, 6.07) is 6.16. The van der Waals surface area contributed by atoms with Gasteiger partial charge in [-0.2, -0.15) is 0 Å². The van der Waals surface area contributed by atoms with Gasteiger partial charge in [-0.3, -0.25) is 0 Å². The number of fused-ring (bicyclic) bond motifs is 1. The number of anilines is 1. The Bertz CT molecular complexity index is 523. The lowest BCUT2D eigenvalue weighted by Crippen LogP contribution is -2.26. The van der Waals surface area contributed by atoms with Gasteiger partial charge in [0.1, 0.15) is 0 Å². The van der Waals surface area contributed by atoms with Crippen molar-refractivity contribution in [3.05, 3.63) is 29.5 Å². The number of halogens is 1. The molecule has 2 aromatic rings. The van der Waals surface area contributed by atoms with Crippen molar-refractivity contribution >= 4 is 28.3 Å². The van der Waals surface area contributed by atoms with Crippen LogP contribution in [0.5, 0.6) is 0 Å². The molecule has 1 fully saturated rings. The van der Waals surface area contributed by atoms with Crippen LogP contribution in [0.2, 0.25) is 5.02 Å². The smallest absolute Gasteiger partial charge is 0.154 e. The summed E-state index contributed by atoms with van der Waals surface area (Å²) in [7, 11) is 0. The van der Waals surface area contributed by atoms with Gasteiger partial charge in [0.25, 0.3) is 0 Å².